The Balaban J connectivity index is 2.19. The summed E-state index contributed by atoms with van der Waals surface area (Å²) in [5, 5.41) is 4.31. The van der Waals surface area contributed by atoms with Crippen LogP contribution in [0.1, 0.15) is 45.6 Å². The number of halogens is 1. The van der Waals surface area contributed by atoms with Crippen LogP contribution in [0.15, 0.2) is 18.2 Å². The van der Waals surface area contributed by atoms with Crippen LogP contribution in [0.4, 0.5) is 0 Å². The minimum absolute atomic E-state index is 0.615. The average Bonchev–Trinajstić information content (AvgIpc) is 2.43. The predicted molar refractivity (Wildman–Crippen MR) is 83.3 cm³/mol. The first-order valence-electron chi connectivity index (χ1n) is 7.32. The van der Waals surface area contributed by atoms with Crippen LogP contribution in [0.25, 0.3) is 0 Å². The van der Waals surface area contributed by atoms with Crippen molar-refractivity contribution in [1.29, 1.82) is 0 Å². The molecule has 2 nitrogen and oxygen atoms in total. The first-order valence-corrected chi connectivity index (χ1v) is 7.69. The molecule has 3 heteroatoms. The number of hydrogen-bond acceptors (Lipinski definition) is 2. The van der Waals surface area contributed by atoms with E-state index in [9.17, 15) is 0 Å². The lowest BCUT2D eigenvalue weighted by Gasteiger charge is -2.11. The molecule has 1 N–H and O–H groups in total. The Morgan fingerprint density at radius 3 is 2.74 bits per heavy atom. The summed E-state index contributed by atoms with van der Waals surface area (Å²) < 4.78 is 5.75. The van der Waals surface area contributed by atoms with Crippen LogP contribution in [-0.2, 0) is 6.42 Å². The summed E-state index contributed by atoms with van der Waals surface area (Å²) in [5.74, 6) is 0.927. The lowest BCUT2D eigenvalue weighted by Crippen LogP contribution is -2.26. The van der Waals surface area contributed by atoms with Crippen molar-refractivity contribution in [3.63, 3.8) is 0 Å². The summed E-state index contributed by atoms with van der Waals surface area (Å²) in [6.07, 6.45) is 4.35. The zero-order valence-electron chi connectivity index (χ0n) is 12.3. The molecule has 0 aliphatic carbocycles. The van der Waals surface area contributed by atoms with Gasteiger partial charge in [-0.2, -0.15) is 0 Å². The molecule has 1 rings (SSSR count). The van der Waals surface area contributed by atoms with Gasteiger partial charge in [0, 0.05) is 11.1 Å². The summed E-state index contributed by atoms with van der Waals surface area (Å²) in [5.41, 5.74) is 1.15. The second-order valence-electron chi connectivity index (χ2n) is 4.93. The zero-order valence-corrected chi connectivity index (χ0v) is 13.1. The van der Waals surface area contributed by atoms with Crippen molar-refractivity contribution >= 4 is 11.6 Å². The maximum absolute atomic E-state index is 6.08. The fourth-order valence-electron chi connectivity index (χ4n) is 1.82. The van der Waals surface area contributed by atoms with E-state index in [2.05, 4.69) is 26.1 Å². The summed E-state index contributed by atoms with van der Waals surface area (Å²) >= 11 is 6.08. The van der Waals surface area contributed by atoms with Crippen molar-refractivity contribution in [3.8, 4) is 5.75 Å². The van der Waals surface area contributed by atoms with Gasteiger partial charge in [-0.1, -0.05) is 25.4 Å². The Labute approximate surface area is 122 Å². The van der Waals surface area contributed by atoms with E-state index >= 15 is 0 Å². The summed E-state index contributed by atoms with van der Waals surface area (Å²) in [4.78, 5) is 0. The van der Waals surface area contributed by atoms with Gasteiger partial charge in [0.15, 0.2) is 0 Å². The normalized spacial score (nSPS) is 12.4. The molecular formula is C16H26ClNO. The number of aryl methyl sites for hydroxylation is 1. The molecule has 0 aromatic heterocycles. The van der Waals surface area contributed by atoms with E-state index in [1.54, 1.807) is 0 Å². The van der Waals surface area contributed by atoms with E-state index in [1.807, 2.05) is 18.2 Å². The van der Waals surface area contributed by atoms with E-state index in [0.717, 1.165) is 48.7 Å². The topological polar surface area (TPSA) is 21.3 Å². The van der Waals surface area contributed by atoms with Gasteiger partial charge in [0.1, 0.15) is 5.75 Å². The van der Waals surface area contributed by atoms with Crippen molar-refractivity contribution in [2.24, 2.45) is 0 Å². The van der Waals surface area contributed by atoms with Crippen molar-refractivity contribution in [1.82, 2.24) is 5.32 Å². The van der Waals surface area contributed by atoms with Crippen LogP contribution in [-0.4, -0.2) is 19.2 Å². The Hall–Kier alpha value is -0.730. The van der Waals surface area contributed by atoms with Gasteiger partial charge in [-0.3, -0.25) is 0 Å². The third-order valence-electron chi connectivity index (χ3n) is 3.34. The van der Waals surface area contributed by atoms with Crippen LogP contribution in [0.2, 0.25) is 5.02 Å². The van der Waals surface area contributed by atoms with Gasteiger partial charge in [-0.05, 0) is 62.9 Å². The molecule has 0 amide bonds. The molecule has 0 radical (unpaired) electrons. The molecule has 1 aromatic carbocycles. The second kappa shape index (κ2) is 9.22. The van der Waals surface area contributed by atoms with Gasteiger partial charge in [-0.25, -0.2) is 0 Å². The van der Waals surface area contributed by atoms with E-state index < -0.39 is 0 Å². The van der Waals surface area contributed by atoms with E-state index in [-0.39, 0.29) is 0 Å². The number of unbranched alkanes of at least 4 members (excludes halogenated alkanes) is 1. The maximum Gasteiger partial charge on any atom is 0.119 e. The second-order valence-corrected chi connectivity index (χ2v) is 5.33. The molecule has 1 aromatic rings. The molecule has 0 aliphatic rings. The van der Waals surface area contributed by atoms with Gasteiger partial charge >= 0.3 is 0 Å². The fourth-order valence-corrected chi connectivity index (χ4v) is 2.07. The molecule has 0 saturated heterocycles. The summed E-state index contributed by atoms with van der Waals surface area (Å²) in [7, 11) is 0. The smallest absolute Gasteiger partial charge is 0.119 e. The van der Waals surface area contributed by atoms with Crippen LogP contribution in [0.5, 0.6) is 5.75 Å². The SMILES string of the molecule is CCc1cc(OCCCCN[C@H](C)CC)ccc1Cl. The van der Waals surface area contributed by atoms with Crippen LogP contribution in [0.3, 0.4) is 0 Å². The number of ether oxygens (including phenoxy) is 1. The molecule has 0 unspecified atom stereocenters. The highest BCUT2D eigenvalue weighted by atomic mass is 35.5. The molecule has 0 spiro atoms. The van der Waals surface area contributed by atoms with Crippen LogP contribution in [0, 0.1) is 0 Å². The van der Waals surface area contributed by atoms with Gasteiger partial charge in [0.05, 0.1) is 6.61 Å². The summed E-state index contributed by atoms with van der Waals surface area (Å²) in [6.45, 7) is 8.36. The van der Waals surface area contributed by atoms with Crippen molar-refractivity contribution < 1.29 is 4.74 Å². The zero-order chi connectivity index (χ0) is 14.1. The van der Waals surface area contributed by atoms with Gasteiger partial charge in [0.2, 0.25) is 0 Å². The molecule has 0 bridgehead atoms. The minimum atomic E-state index is 0.615. The van der Waals surface area contributed by atoms with Gasteiger partial charge in [0.25, 0.3) is 0 Å². The first-order chi connectivity index (χ1) is 9.17. The third-order valence-corrected chi connectivity index (χ3v) is 3.71. The van der Waals surface area contributed by atoms with Crippen molar-refractivity contribution in [2.45, 2.75) is 52.5 Å². The standard InChI is InChI=1S/C16H26ClNO/c1-4-13(3)18-10-6-7-11-19-15-8-9-16(17)14(5-2)12-15/h8-9,12-13,18H,4-7,10-11H2,1-3H3/t13-/m1/s1. The molecule has 19 heavy (non-hydrogen) atoms. The van der Waals surface area contributed by atoms with E-state index in [4.69, 9.17) is 16.3 Å². The molecule has 0 heterocycles. The highest BCUT2D eigenvalue weighted by molar-refractivity contribution is 6.31. The number of hydrogen-bond donors (Lipinski definition) is 1. The lowest BCUT2D eigenvalue weighted by atomic mass is 10.1. The predicted octanol–water partition coefficient (Wildman–Crippen LogP) is 4.45. The molecule has 0 fully saturated rings. The van der Waals surface area contributed by atoms with Crippen LogP contribution >= 0.6 is 11.6 Å². The molecule has 0 aliphatic heterocycles. The highest BCUT2D eigenvalue weighted by Gasteiger charge is 2.01. The number of nitrogens with one attached hydrogen (secondary N) is 1. The molecule has 108 valence electrons. The summed E-state index contributed by atoms with van der Waals surface area (Å²) in [6, 6.07) is 6.52. The Kier molecular flexibility index (Phi) is 7.92. The molecule has 1 atom stereocenters. The Bertz CT molecular complexity index is 368. The lowest BCUT2D eigenvalue weighted by molar-refractivity contribution is 0.304. The first kappa shape index (κ1) is 16.3. The van der Waals surface area contributed by atoms with Gasteiger partial charge < -0.3 is 10.1 Å². The van der Waals surface area contributed by atoms with Crippen molar-refractivity contribution in [3.05, 3.63) is 28.8 Å². The third kappa shape index (κ3) is 6.31. The highest BCUT2D eigenvalue weighted by Crippen LogP contribution is 2.22. The number of rotatable bonds is 9. The molecule has 0 saturated carbocycles. The van der Waals surface area contributed by atoms with Gasteiger partial charge in [-0.15, -0.1) is 0 Å². The van der Waals surface area contributed by atoms with E-state index in [1.165, 1.54) is 6.42 Å². The Morgan fingerprint density at radius 1 is 1.26 bits per heavy atom. The largest absolute Gasteiger partial charge is 0.494 e. The average molecular weight is 284 g/mol. The van der Waals surface area contributed by atoms with Crippen LogP contribution < -0.4 is 10.1 Å². The van der Waals surface area contributed by atoms with Crippen molar-refractivity contribution in [2.75, 3.05) is 13.2 Å². The number of benzene rings is 1. The van der Waals surface area contributed by atoms with E-state index in [0.29, 0.717) is 6.04 Å². The maximum atomic E-state index is 6.08. The minimum Gasteiger partial charge on any atom is -0.494 e. The monoisotopic (exact) mass is 283 g/mol. The fraction of sp³-hybridized carbons (Fsp3) is 0.625. The molecular weight excluding hydrogens is 258 g/mol. The quantitative estimate of drug-likeness (QED) is 0.676. The Morgan fingerprint density at radius 2 is 2.05 bits per heavy atom.